The molecule has 0 N–H and O–H groups in total. The molecule has 1 nitrogen and oxygen atoms in total. The van der Waals surface area contributed by atoms with E-state index in [4.69, 9.17) is 0 Å². The first kappa shape index (κ1) is 13.6. The highest BCUT2D eigenvalue weighted by Gasteiger charge is 2.38. The van der Waals surface area contributed by atoms with Crippen LogP contribution in [0.1, 0.15) is 44.1 Å². The Morgan fingerprint density at radius 3 is 2.63 bits per heavy atom. The minimum Gasteiger partial charge on any atom is -0.299 e. The van der Waals surface area contributed by atoms with Crippen LogP contribution in [0, 0.1) is 11.2 Å². The molecule has 1 heterocycles. The lowest BCUT2D eigenvalue weighted by Gasteiger charge is -2.33. The van der Waals surface area contributed by atoms with E-state index in [1.165, 1.54) is 57.7 Å². The quantitative estimate of drug-likeness (QED) is 0.758. The third kappa shape index (κ3) is 3.19. The maximum atomic E-state index is 13.4. The van der Waals surface area contributed by atoms with Crippen molar-refractivity contribution in [1.29, 1.82) is 0 Å². The Hall–Kier alpha value is -0.410. The molecule has 0 atom stereocenters. The minimum absolute atomic E-state index is 0.143. The van der Waals surface area contributed by atoms with Gasteiger partial charge in [-0.3, -0.25) is 4.90 Å². The monoisotopic (exact) mass is 325 g/mol. The van der Waals surface area contributed by atoms with E-state index in [1.807, 2.05) is 6.07 Å². The van der Waals surface area contributed by atoms with Crippen LogP contribution in [0.5, 0.6) is 0 Å². The predicted octanol–water partition coefficient (Wildman–Crippen LogP) is 4.74. The van der Waals surface area contributed by atoms with Gasteiger partial charge in [-0.05, 0) is 55.0 Å². The molecule has 19 heavy (non-hydrogen) atoms. The average molecular weight is 326 g/mol. The lowest BCUT2D eigenvalue weighted by Crippen LogP contribution is -2.29. The van der Waals surface area contributed by atoms with Crippen LogP contribution >= 0.6 is 15.9 Å². The molecular formula is C16H21BrFN. The normalized spacial score (nSPS) is 23.1. The summed E-state index contributed by atoms with van der Waals surface area (Å²) in [5.41, 5.74) is 1.67. The van der Waals surface area contributed by atoms with Crippen molar-refractivity contribution >= 4 is 15.9 Å². The molecule has 3 heteroatoms. The second kappa shape index (κ2) is 5.53. The Kier molecular flexibility index (Phi) is 3.95. The zero-order valence-electron chi connectivity index (χ0n) is 11.3. The van der Waals surface area contributed by atoms with E-state index < -0.39 is 0 Å². The van der Waals surface area contributed by atoms with E-state index in [9.17, 15) is 4.39 Å². The van der Waals surface area contributed by atoms with Crippen molar-refractivity contribution < 1.29 is 4.39 Å². The molecule has 0 aromatic heterocycles. The summed E-state index contributed by atoms with van der Waals surface area (Å²) in [6.07, 6.45) is 8.35. The molecule has 104 valence electrons. The van der Waals surface area contributed by atoms with Crippen LogP contribution in [-0.4, -0.2) is 18.0 Å². The van der Waals surface area contributed by atoms with E-state index in [0.717, 1.165) is 16.6 Å². The highest BCUT2D eigenvalue weighted by atomic mass is 79.9. The molecular weight excluding hydrogens is 305 g/mol. The van der Waals surface area contributed by atoms with E-state index in [1.54, 1.807) is 6.07 Å². The van der Waals surface area contributed by atoms with Crippen LogP contribution in [0.3, 0.4) is 0 Å². The third-order valence-electron chi connectivity index (χ3n) is 4.76. The van der Waals surface area contributed by atoms with Crippen molar-refractivity contribution in [1.82, 2.24) is 4.90 Å². The maximum Gasteiger partial charge on any atom is 0.124 e. The fourth-order valence-corrected chi connectivity index (χ4v) is 4.35. The van der Waals surface area contributed by atoms with Crippen molar-refractivity contribution in [3.05, 3.63) is 34.1 Å². The van der Waals surface area contributed by atoms with Gasteiger partial charge >= 0.3 is 0 Å². The van der Waals surface area contributed by atoms with Crippen LogP contribution < -0.4 is 0 Å². The van der Waals surface area contributed by atoms with Crippen LogP contribution in [0.15, 0.2) is 22.7 Å². The van der Waals surface area contributed by atoms with Crippen molar-refractivity contribution in [3.8, 4) is 0 Å². The van der Waals surface area contributed by atoms with Gasteiger partial charge in [-0.25, -0.2) is 4.39 Å². The zero-order chi connectivity index (χ0) is 13.3. The number of hydrogen-bond donors (Lipinski definition) is 0. The molecule has 1 saturated heterocycles. The molecule has 1 spiro atoms. The molecule has 0 bridgehead atoms. The summed E-state index contributed by atoms with van der Waals surface area (Å²) in [5, 5.41) is 0. The van der Waals surface area contributed by atoms with Crippen molar-refractivity contribution in [2.45, 2.75) is 45.1 Å². The highest BCUT2D eigenvalue weighted by molar-refractivity contribution is 9.10. The Bertz CT molecular complexity index is 434. The van der Waals surface area contributed by atoms with Crippen molar-refractivity contribution in [2.24, 2.45) is 5.41 Å². The van der Waals surface area contributed by atoms with Crippen LogP contribution in [0.25, 0.3) is 0 Å². The number of nitrogens with zero attached hydrogens (tertiary/aromatic N) is 1. The van der Waals surface area contributed by atoms with E-state index in [2.05, 4.69) is 20.8 Å². The fourth-order valence-electron chi connectivity index (χ4n) is 3.83. The minimum atomic E-state index is -0.143. The smallest absolute Gasteiger partial charge is 0.124 e. The average Bonchev–Trinajstić information content (AvgIpc) is 2.71. The summed E-state index contributed by atoms with van der Waals surface area (Å²) in [6, 6.07) is 5.22. The SMILES string of the molecule is Fc1cc(Br)cc(CN2CCC3(CCCCC3)C2)c1. The van der Waals surface area contributed by atoms with Gasteiger partial charge in [0.25, 0.3) is 0 Å². The molecule has 1 aliphatic heterocycles. The topological polar surface area (TPSA) is 3.24 Å². The third-order valence-corrected chi connectivity index (χ3v) is 5.22. The molecule has 1 saturated carbocycles. The van der Waals surface area contributed by atoms with E-state index in [0.29, 0.717) is 5.41 Å². The summed E-state index contributed by atoms with van der Waals surface area (Å²) in [7, 11) is 0. The molecule has 2 aliphatic rings. The summed E-state index contributed by atoms with van der Waals surface area (Å²) < 4.78 is 14.2. The van der Waals surface area contributed by atoms with Crippen molar-refractivity contribution in [2.75, 3.05) is 13.1 Å². The number of likely N-dealkylation sites (tertiary alicyclic amines) is 1. The number of rotatable bonds is 2. The Morgan fingerprint density at radius 1 is 1.11 bits per heavy atom. The lowest BCUT2D eigenvalue weighted by atomic mass is 9.73. The first-order valence-electron chi connectivity index (χ1n) is 7.33. The van der Waals surface area contributed by atoms with E-state index >= 15 is 0 Å². The van der Waals surface area contributed by atoms with Gasteiger partial charge in [-0.15, -0.1) is 0 Å². The molecule has 0 amide bonds. The Balaban J connectivity index is 1.65. The summed E-state index contributed by atoms with van der Waals surface area (Å²) >= 11 is 3.37. The number of halogens is 2. The van der Waals surface area contributed by atoms with Gasteiger partial charge in [0.05, 0.1) is 0 Å². The zero-order valence-corrected chi connectivity index (χ0v) is 12.9. The van der Waals surface area contributed by atoms with Crippen LogP contribution in [-0.2, 0) is 6.54 Å². The number of hydrogen-bond acceptors (Lipinski definition) is 1. The molecule has 2 fully saturated rings. The van der Waals surface area contributed by atoms with Gasteiger partial charge in [0, 0.05) is 17.6 Å². The fraction of sp³-hybridized carbons (Fsp3) is 0.625. The maximum absolute atomic E-state index is 13.4. The van der Waals surface area contributed by atoms with Gasteiger partial charge in [0.15, 0.2) is 0 Å². The second-order valence-electron chi connectivity index (χ2n) is 6.30. The van der Waals surface area contributed by atoms with Crippen molar-refractivity contribution in [3.63, 3.8) is 0 Å². The Labute approximate surface area is 123 Å². The first-order valence-corrected chi connectivity index (χ1v) is 8.12. The molecule has 1 aliphatic carbocycles. The van der Waals surface area contributed by atoms with Gasteiger partial charge in [-0.2, -0.15) is 0 Å². The van der Waals surface area contributed by atoms with Gasteiger partial charge in [0.1, 0.15) is 5.82 Å². The predicted molar refractivity (Wildman–Crippen MR) is 79.5 cm³/mol. The van der Waals surface area contributed by atoms with Gasteiger partial charge in [-0.1, -0.05) is 35.2 Å². The largest absolute Gasteiger partial charge is 0.299 e. The molecule has 1 aromatic rings. The first-order chi connectivity index (χ1) is 9.15. The summed E-state index contributed by atoms with van der Waals surface area (Å²) in [5.74, 6) is -0.143. The van der Waals surface area contributed by atoms with Crippen LogP contribution in [0.2, 0.25) is 0 Å². The molecule has 0 radical (unpaired) electrons. The highest BCUT2D eigenvalue weighted by Crippen LogP contribution is 2.43. The van der Waals surface area contributed by atoms with Gasteiger partial charge in [0.2, 0.25) is 0 Å². The second-order valence-corrected chi connectivity index (χ2v) is 7.21. The molecule has 1 aromatic carbocycles. The summed E-state index contributed by atoms with van der Waals surface area (Å²) in [4.78, 5) is 2.51. The van der Waals surface area contributed by atoms with Crippen LogP contribution in [0.4, 0.5) is 4.39 Å². The summed E-state index contributed by atoms with van der Waals surface area (Å²) in [6.45, 7) is 3.27. The van der Waals surface area contributed by atoms with Gasteiger partial charge < -0.3 is 0 Å². The number of benzene rings is 1. The standard InChI is InChI=1S/C16H21BrFN/c17-14-8-13(9-15(18)10-14)11-19-7-6-16(12-19)4-2-1-3-5-16/h8-10H,1-7,11-12H2. The van der Waals surface area contributed by atoms with E-state index in [-0.39, 0.29) is 5.82 Å². The molecule has 0 unspecified atom stereocenters. The lowest BCUT2D eigenvalue weighted by molar-refractivity contribution is 0.183. The Morgan fingerprint density at radius 2 is 1.89 bits per heavy atom. The molecule has 3 rings (SSSR count).